The highest BCUT2D eigenvalue weighted by molar-refractivity contribution is 9.10. The van der Waals surface area contributed by atoms with Gasteiger partial charge in [-0.25, -0.2) is 4.52 Å². The number of fused-ring (bicyclic) bond motifs is 1. The summed E-state index contributed by atoms with van der Waals surface area (Å²) in [5, 5.41) is 12.9. The Morgan fingerprint density at radius 2 is 2.44 bits per heavy atom. The molecule has 0 bridgehead atoms. The third-order valence-electron chi connectivity index (χ3n) is 2.19. The van der Waals surface area contributed by atoms with Crippen molar-refractivity contribution < 1.29 is 4.55 Å². The van der Waals surface area contributed by atoms with Gasteiger partial charge in [-0.2, -0.15) is 10.4 Å². The van der Waals surface area contributed by atoms with Crippen molar-refractivity contribution in [3.63, 3.8) is 0 Å². The van der Waals surface area contributed by atoms with E-state index in [0.29, 0.717) is 21.7 Å². The summed E-state index contributed by atoms with van der Waals surface area (Å²) in [5.74, 6) is 0.560. The first kappa shape index (κ1) is 11.5. The van der Waals surface area contributed by atoms with Crippen LogP contribution in [-0.2, 0) is 11.2 Å². The zero-order valence-corrected chi connectivity index (χ0v) is 10.9. The highest BCUT2D eigenvalue weighted by Crippen LogP contribution is 2.25. The molecule has 4 nitrogen and oxygen atoms in total. The van der Waals surface area contributed by atoms with Gasteiger partial charge in [0.1, 0.15) is 11.8 Å². The number of nitrogens with zero attached hydrogens (tertiary/aromatic N) is 3. The largest absolute Gasteiger partial charge is 0.611 e. The van der Waals surface area contributed by atoms with Crippen LogP contribution in [0.4, 0.5) is 0 Å². The summed E-state index contributed by atoms with van der Waals surface area (Å²) in [6.45, 7) is 1.86. The highest BCUT2D eigenvalue weighted by atomic mass is 79.9. The molecule has 16 heavy (non-hydrogen) atoms. The lowest BCUT2D eigenvalue weighted by molar-refractivity contribution is 0.595. The van der Waals surface area contributed by atoms with Crippen molar-refractivity contribution in [3.8, 4) is 6.07 Å². The van der Waals surface area contributed by atoms with E-state index in [0.717, 1.165) is 4.47 Å². The fourth-order valence-corrected chi connectivity index (χ4v) is 3.02. The van der Waals surface area contributed by atoms with Crippen molar-refractivity contribution in [1.82, 2.24) is 9.61 Å². The van der Waals surface area contributed by atoms with Gasteiger partial charge in [-0.05, 0) is 34.0 Å². The number of aromatic nitrogens is 2. The summed E-state index contributed by atoms with van der Waals surface area (Å²) in [6.07, 6.45) is 3.19. The quantitative estimate of drug-likeness (QED) is 0.797. The molecule has 1 unspecified atom stereocenters. The van der Waals surface area contributed by atoms with E-state index >= 15 is 0 Å². The van der Waals surface area contributed by atoms with Gasteiger partial charge in [0.05, 0.1) is 23.5 Å². The molecule has 0 fully saturated rings. The van der Waals surface area contributed by atoms with Crippen LogP contribution in [0.2, 0.25) is 0 Å². The van der Waals surface area contributed by atoms with Crippen LogP contribution in [0.5, 0.6) is 0 Å². The minimum Gasteiger partial charge on any atom is -0.611 e. The number of pyridine rings is 1. The Hall–Kier alpha value is -1.03. The zero-order valence-electron chi connectivity index (χ0n) is 8.48. The number of rotatable bonds is 2. The maximum absolute atomic E-state index is 11.7. The average Bonchev–Trinajstić information content (AvgIpc) is 2.71. The summed E-state index contributed by atoms with van der Waals surface area (Å²) in [6, 6.07) is 3.84. The van der Waals surface area contributed by atoms with Crippen LogP contribution in [-0.4, -0.2) is 19.9 Å². The van der Waals surface area contributed by atoms with Crippen LogP contribution < -0.4 is 0 Å². The fraction of sp³-hybridized carbons (Fsp3) is 0.200. The van der Waals surface area contributed by atoms with Crippen molar-refractivity contribution >= 4 is 32.6 Å². The van der Waals surface area contributed by atoms with Gasteiger partial charge < -0.3 is 4.55 Å². The summed E-state index contributed by atoms with van der Waals surface area (Å²) in [4.78, 5) is 0.703. The number of hydrogen-bond donors (Lipinski definition) is 0. The first-order valence-electron chi connectivity index (χ1n) is 4.62. The third kappa shape index (κ3) is 1.82. The predicted molar refractivity (Wildman–Crippen MR) is 64.6 cm³/mol. The van der Waals surface area contributed by atoms with Gasteiger partial charge in [0.15, 0.2) is 4.90 Å². The molecule has 2 aromatic rings. The molecule has 2 heterocycles. The number of hydrogen-bond acceptors (Lipinski definition) is 3. The molecule has 2 rings (SSSR count). The minimum absolute atomic E-state index is 0.501. The Labute approximate surface area is 104 Å². The normalized spacial score (nSPS) is 12.6. The van der Waals surface area contributed by atoms with E-state index in [-0.39, 0.29) is 0 Å². The molecular weight excluding hydrogens is 290 g/mol. The van der Waals surface area contributed by atoms with E-state index in [1.165, 1.54) is 6.20 Å². The maximum atomic E-state index is 11.7. The molecule has 0 saturated carbocycles. The Morgan fingerprint density at radius 1 is 1.69 bits per heavy atom. The second-order valence-corrected chi connectivity index (χ2v) is 5.72. The summed E-state index contributed by atoms with van der Waals surface area (Å²) in [5.41, 5.74) is 1.21. The average molecular weight is 298 g/mol. The van der Waals surface area contributed by atoms with Crippen LogP contribution >= 0.6 is 15.9 Å². The van der Waals surface area contributed by atoms with E-state index in [4.69, 9.17) is 5.26 Å². The topological polar surface area (TPSA) is 64.1 Å². The van der Waals surface area contributed by atoms with E-state index < -0.39 is 11.2 Å². The van der Waals surface area contributed by atoms with Gasteiger partial charge in [0.2, 0.25) is 0 Å². The lowest BCUT2D eigenvalue weighted by Crippen LogP contribution is -2.05. The summed E-state index contributed by atoms with van der Waals surface area (Å²) in [7, 11) is 0. The lowest BCUT2D eigenvalue weighted by Gasteiger charge is -2.08. The number of nitriles is 1. The molecule has 0 radical (unpaired) electrons. The third-order valence-corrected chi connectivity index (χ3v) is 4.06. The minimum atomic E-state index is -1.02. The molecule has 0 aromatic carbocycles. The van der Waals surface area contributed by atoms with Gasteiger partial charge in [-0.15, -0.1) is 0 Å². The van der Waals surface area contributed by atoms with Crippen LogP contribution in [0.25, 0.3) is 5.52 Å². The van der Waals surface area contributed by atoms with Crippen molar-refractivity contribution in [3.05, 3.63) is 28.5 Å². The van der Waals surface area contributed by atoms with Gasteiger partial charge in [-0.3, -0.25) is 0 Å². The molecule has 2 aromatic heterocycles. The smallest absolute Gasteiger partial charge is 0.172 e. The van der Waals surface area contributed by atoms with E-state index in [1.807, 2.05) is 6.92 Å². The van der Waals surface area contributed by atoms with Gasteiger partial charge in [0.25, 0.3) is 0 Å². The zero-order chi connectivity index (χ0) is 11.7. The van der Waals surface area contributed by atoms with Gasteiger partial charge in [0, 0.05) is 10.5 Å². The van der Waals surface area contributed by atoms with E-state index in [9.17, 15) is 4.55 Å². The fourth-order valence-electron chi connectivity index (χ4n) is 1.42. The van der Waals surface area contributed by atoms with Crippen molar-refractivity contribution in [2.45, 2.75) is 11.8 Å². The Bertz CT molecular complexity index is 575. The Kier molecular flexibility index (Phi) is 3.19. The predicted octanol–water partition coefficient (Wildman–Crippen LogP) is 2.10. The SMILES string of the molecule is CC[S+]([O-])c1cc(Br)c2c(C#N)cnn2c1. The van der Waals surface area contributed by atoms with E-state index in [1.54, 1.807) is 16.8 Å². The first-order valence-corrected chi connectivity index (χ1v) is 6.74. The monoisotopic (exact) mass is 297 g/mol. The molecule has 82 valence electrons. The molecule has 0 aliphatic heterocycles. The first-order chi connectivity index (χ1) is 7.67. The highest BCUT2D eigenvalue weighted by Gasteiger charge is 2.14. The molecule has 0 aliphatic rings. The molecule has 6 heteroatoms. The van der Waals surface area contributed by atoms with E-state index in [2.05, 4.69) is 27.1 Å². The van der Waals surface area contributed by atoms with Crippen LogP contribution in [0.3, 0.4) is 0 Å². The molecular formula is C10H8BrN3OS. The number of halogens is 1. The Balaban J connectivity index is 2.66. The summed E-state index contributed by atoms with van der Waals surface area (Å²) < 4.78 is 14.0. The molecule has 1 atom stereocenters. The molecule has 0 saturated heterocycles. The molecule has 0 N–H and O–H groups in total. The standard InChI is InChI=1S/C10H8BrN3OS/c1-2-16(15)8-3-9(11)10-7(4-12)5-13-14(10)6-8/h3,5-6H,2H2,1H3. The molecule has 0 spiro atoms. The lowest BCUT2D eigenvalue weighted by atomic mass is 10.3. The molecule has 0 amide bonds. The van der Waals surface area contributed by atoms with Crippen molar-refractivity contribution in [1.29, 1.82) is 5.26 Å². The van der Waals surface area contributed by atoms with Crippen molar-refractivity contribution in [2.75, 3.05) is 5.75 Å². The van der Waals surface area contributed by atoms with Crippen LogP contribution in [0, 0.1) is 11.3 Å². The maximum Gasteiger partial charge on any atom is 0.172 e. The van der Waals surface area contributed by atoms with Crippen LogP contribution in [0.15, 0.2) is 27.8 Å². The second kappa shape index (κ2) is 4.45. The second-order valence-electron chi connectivity index (χ2n) is 3.12. The molecule has 0 aliphatic carbocycles. The van der Waals surface area contributed by atoms with Crippen LogP contribution in [0.1, 0.15) is 12.5 Å². The Morgan fingerprint density at radius 3 is 3.06 bits per heavy atom. The van der Waals surface area contributed by atoms with Gasteiger partial charge in [-0.1, -0.05) is 0 Å². The van der Waals surface area contributed by atoms with Gasteiger partial charge >= 0.3 is 0 Å². The summed E-state index contributed by atoms with van der Waals surface area (Å²) >= 11 is 2.35. The van der Waals surface area contributed by atoms with Crippen molar-refractivity contribution in [2.24, 2.45) is 0 Å².